The lowest BCUT2D eigenvalue weighted by molar-refractivity contribution is -0.128. The molecule has 1 aliphatic heterocycles. The molecule has 5 heteroatoms. The molecule has 0 spiro atoms. The van der Waals surface area contributed by atoms with Crippen molar-refractivity contribution in [3.05, 3.63) is 47.5 Å². The van der Waals surface area contributed by atoms with E-state index in [0.29, 0.717) is 25.8 Å². The zero-order valence-corrected chi connectivity index (χ0v) is 16.6. The fraction of sp³-hybridized carbons (Fsp3) is 0.565. The second kappa shape index (κ2) is 8.91. The number of benzene rings is 1. The lowest BCUT2D eigenvalue weighted by atomic mass is 9.63. The first-order valence-electron chi connectivity index (χ1n) is 10.4. The third-order valence-electron chi connectivity index (χ3n) is 6.69. The van der Waals surface area contributed by atoms with Crippen molar-refractivity contribution >= 4 is 11.9 Å². The molecule has 152 valence electrons. The molecule has 2 fully saturated rings. The van der Waals surface area contributed by atoms with E-state index in [0.717, 1.165) is 31.2 Å². The number of nitrogens with zero attached hydrogens (tertiary/aromatic N) is 1. The predicted octanol–water partition coefficient (Wildman–Crippen LogP) is 3.81. The van der Waals surface area contributed by atoms with Crippen molar-refractivity contribution in [3.8, 4) is 0 Å². The van der Waals surface area contributed by atoms with Crippen LogP contribution in [0.2, 0.25) is 0 Å². The van der Waals surface area contributed by atoms with Gasteiger partial charge in [0.2, 0.25) is 5.91 Å². The Kier molecular flexibility index (Phi) is 6.55. The molecule has 5 nitrogen and oxygen atoms in total. The van der Waals surface area contributed by atoms with E-state index in [1.54, 1.807) is 12.1 Å². The van der Waals surface area contributed by atoms with Gasteiger partial charge in [-0.3, -0.25) is 4.79 Å². The van der Waals surface area contributed by atoms with Gasteiger partial charge in [0.05, 0.1) is 17.7 Å². The van der Waals surface area contributed by atoms with Crippen LogP contribution in [-0.2, 0) is 11.2 Å². The minimum Gasteiger partial charge on any atom is -0.478 e. The Bertz CT molecular complexity index is 715. The maximum absolute atomic E-state index is 12.3. The number of carbonyl (C=O) groups is 2. The van der Waals surface area contributed by atoms with Crippen LogP contribution >= 0.6 is 0 Å². The summed E-state index contributed by atoms with van der Waals surface area (Å²) < 4.78 is 0. The lowest BCUT2D eigenvalue weighted by Gasteiger charge is -2.45. The van der Waals surface area contributed by atoms with Gasteiger partial charge in [-0.05, 0) is 61.6 Å². The third kappa shape index (κ3) is 4.46. The molecule has 2 N–H and O–H groups in total. The van der Waals surface area contributed by atoms with E-state index in [-0.39, 0.29) is 29.0 Å². The van der Waals surface area contributed by atoms with Gasteiger partial charge in [0.25, 0.3) is 0 Å². The van der Waals surface area contributed by atoms with Crippen molar-refractivity contribution in [2.75, 3.05) is 6.54 Å². The minimum atomic E-state index is -0.930. The monoisotopic (exact) mass is 385 g/mol. The zero-order chi connectivity index (χ0) is 20.1. The number of aliphatic hydroxyl groups is 1. The van der Waals surface area contributed by atoms with E-state index in [1.807, 2.05) is 17.0 Å². The van der Waals surface area contributed by atoms with Gasteiger partial charge in [0.1, 0.15) is 0 Å². The molecule has 1 amide bonds. The molecule has 2 atom stereocenters. The van der Waals surface area contributed by atoms with Gasteiger partial charge >= 0.3 is 5.97 Å². The summed E-state index contributed by atoms with van der Waals surface area (Å²) in [6.45, 7) is 2.79. The van der Waals surface area contributed by atoms with E-state index in [2.05, 4.69) is 19.1 Å². The molecule has 1 heterocycles. The Morgan fingerprint density at radius 3 is 2.61 bits per heavy atom. The van der Waals surface area contributed by atoms with E-state index in [1.165, 1.54) is 6.42 Å². The number of hydrogen-bond acceptors (Lipinski definition) is 3. The van der Waals surface area contributed by atoms with Crippen LogP contribution in [-0.4, -0.2) is 45.7 Å². The normalized spacial score (nSPS) is 22.4. The van der Waals surface area contributed by atoms with Gasteiger partial charge < -0.3 is 15.1 Å². The summed E-state index contributed by atoms with van der Waals surface area (Å²) in [6.07, 6.45) is 11.1. The quantitative estimate of drug-likeness (QED) is 0.634. The molecular formula is C23H31NO4. The van der Waals surface area contributed by atoms with Crippen LogP contribution in [0.1, 0.15) is 67.8 Å². The molecule has 0 bridgehead atoms. The van der Waals surface area contributed by atoms with Crippen molar-refractivity contribution in [1.29, 1.82) is 0 Å². The number of carboxylic acids is 1. The maximum Gasteiger partial charge on any atom is 0.335 e. The Balaban J connectivity index is 1.53. The average Bonchev–Trinajstić information content (AvgIpc) is 2.99. The number of hydrogen-bond donors (Lipinski definition) is 2. The third-order valence-corrected chi connectivity index (χ3v) is 6.69. The van der Waals surface area contributed by atoms with Crippen LogP contribution in [0.25, 0.3) is 0 Å². The topological polar surface area (TPSA) is 77.8 Å². The van der Waals surface area contributed by atoms with Crippen molar-refractivity contribution in [2.24, 2.45) is 5.41 Å². The number of aromatic carboxylic acids is 1. The summed E-state index contributed by atoms with van der Waals surface area (Å²) in [7, 11) is 0. The first kappa shape index (κ1) is 20.6. The highest BCUT2D eigenvalue weighted by Crippen LogP contribution is 2.47. The van der Waals surface area contributed by atoms with Crippen LogP contribution in [0.3, 0.4) is 0 Å². The summed E-state index contributed by atoms with van der Waals surface area (Å²) in [5.41, 5.74) is 1.41. The summed E-state index contributed by atoms with van der Waals surface area (Å²) in [5.74, 6) is -0.762. The van der Waals surface area contributed by atoms with Gasteiger partial charge in [-0.15, -0.1) is 0 Å². The van der Waals surface area contributed by atoms with Gasteiger partial charge in [-0.25, -0.2) is 4.79 Å². The average molecular weight is 386 g/mol. The van der Waals surface area contributed by atoms with Crippen LogP contribution < -0.4 is 0 Å². The van der Waals surface area contributed by atoms with Crippen LogP contribution in [0.4, 0.5) is 0 Å². The fourth-order valence-corrected chi connectivity index (χ4v) is 4.48. The van der Waals surface area contributed by atoms with Crippen molar-refractivity contribution in [3.63, 3.8) is 0 Å². The highest BCUT2D eigenvalue weighted by atomic mass is 16.4. The zero-order valence-electron chi connectivity index (χ0n) is 16.6. The molecule has 28 heavy (non-hydrogen) atoms. The Labute approximate surface area is 167 Å². The highest BCUT2D eigenvalue weighted by molar-refractivity contribution is 5.87. The number of rotatable bonds is 9. The molecule has 3 rings (SSSR count). The first-order chi connectivity index (χ1) is 13.4. The Hall–Kier alpha value is -2.14. The molecule has 1 aromatic carbocycles. The number of aliphatic hydroxyl groups excluding tert-OH is 1. The standard InChI is InChI=1S/C23H31NO4/c1-2-23(14-4-15-23)20(25)6-3-5-19-11-12-21(26)24(19)16-13-17-7-9-18(10-8-17)22(27)28/h3,5,7-10,19-20,25H,2,4,6,11-16H2,1H3,(H,27,28)/t19?,20-/m0/s1. The Morgan fingerprint density at radius 2 is 2.04 bits per heavy atom. The second-order valence-electron chi connectivity index (χ2n) is 8.19. The first-order valence-corrected chi connectivity index (χ1v) is 10.4. The number of carbonyl (C=O) groups excluding carboxylic acids is 1. The predicted molar refractivity (Wildman–Crippen MR) is 108 cm³/mol. The molecule has 1 unspecified atom stereocenters. The molecule has 1 aromatic rings. The lowest BCUT2D eigenvalue weighted by Crippen LogP contribution is -2.40. The summed E-state index contributed by atoms with van der Waals surface area (Å²) in [5, 5.41) is 19.5. The largest absolute Gasteiger partial charge is 0.478 e. The summed E-state index contributed by atoms with van der Waals surface area (Å²) in [4.78, 5) is 25.1. The Morgan fingerprint density at radius 1 is 1.32 bits per heavy atom. The molecule has 2 aliphatic rings. The number of likely N-dealkylation sites (tertiary alicyclic amines) is 1. The van der Waals surface area contributed by atoms with E-state index >= 15 is 0 Å². The van der Waals surface area contributed by atoms with Crippen molar-refractivity contribution < 1.29 is 19.8 Å². The van der Waals surface area contributed by atoms with Crippen LogP contribution in [0, 0.1) is 5.41 Å². The van der Waals surface area contributed by atoms with E-state index in [9.17, 15) is 14.7 Å². The molecule has 1 saturated carbocycles. The van der Waals surface area contributed by atoms with E-state index in [4.69, 9.17) is 5.11 Å². The second-order valence-corrected chi connectivity index (χ2v) is 8.19. The van der Waals surface area contributed by atoms with Crippen LogP contribution in [0.5, 0.6) is 0 Å². The van der Waals surface area contributed by atoms with Gasteiger partial charge in [-0.1, -0.05) is 37.6 Å². The molecule has 1 saturated heterocycles. The van der Waals surface area contributed by atoms with Gasteiger partial charge in [-0.2, -0.15) is 0 Å². The minimum absolute atomic E-state index is 0.0944. The van der Waals surface area contributed by atoms with Gasteiger partial charge in [0.15, 0.2) is 0 Å². The number of amides is 1. The smallest absolute Gasteiger partial charge is 0.335 e. The number of carboxylic acid groups (broad SMARTS) is 1. The fourth-order valence-electron chi connectivity index (χ4n) is 4.48. The molecular weight excluding hydrogens is 354 g/mol. The summed E-state index contributed by atoms with van der Waals surface area (Å²) in [6, 6.07) is 6.93. The van der Waals surface area contributed by atoms with Gasteiger partial charge in [0, 0.05) is 13.0 Å². The SMILES string of the molecule is CCC1([C@@H](O)CC=CC2CCC(=O)N2CCc2ccc(C(=O)O)cc2)CCC1. The van der Waals surface area contributed by atoms with Crippen molar-refractivity contribution in [2.45, 2.75) is 70.4 Å². The highest BCUT2D eigenvalue weighted by Gasteiger charge is 2.41. The molecule has 0 aromatic heterocycles. The molecule has 0 radical (unpaired) electrons. The maximum atomic E-state index is 12.3. The van der Waals surface area contributed by atoms with Crippen molar-refractivity contribution in [1.82, 2.24) is 4.90 Å². The van der Waals surface area contributed by atoms with Crippen LogP contribution in [0.15, 0.2) is 36.4 Å². The van der Waals surface area contributed by atoms with E-state index < -0.39 is 5.97 Å². The summed E-state index contributed by atoms with van der Waals surface area (Å²) >= 11 is 0. The molecule has 1 aliphatic carbocycles.